The van der Waals surface area contributed by atoms with Gasteiger partial charge in [0.1, 0.15) is 35.9 Å². The molecule has 6 atom stereocenters. The monoisotopic (exact) mass is 390 g/mol. The molecule has 2 aromatic carbocycles. The van der Waals surface area contributed by atoms with Gasteiger partial charge in [0.25, 0.3) is 0 Å². The topological polar surface area (TPSA) is 118 Å². The molecule has 2 aliphatic rings. The highest BCUT2D eigenvalue weighted by molar-refractivity contribution is 5.27. The van der Waals surface area contributed by atoms with E-state index in [1.54, 1.807) is 24.3 Å². The van der Waals surface area contributed by atoms with Crippen molar-refractivity contribution < 1.29 is 39.4 Å². The zero-order valence-corrected chi connectivity index (χ0v) is 14.9. The summed E-state index contributed by atoms with van der Waals surface area (Å²) >= 11 is 0. The fourth-order valence-corrected chi connectivity index (χ4v) is 3.28. The molecule has 0 aliphatic carbocycles. The van der Waals surface area contributed by atoms with E-state index in [1.807, 2.05) is 0 Å². The van der Waals surface area contributed by atoms with E-state index in [-0.39, 0.29) is 24.7 Å². The number of benzene rings is 2. The fourth-order valence-electron chi connectivity index (χ4n) is 3.28. The highest BCUT2D eigenvalue weighted by Crippen LogP contribution is 2.35. The highest BCUT2D eigenvalue weighted by Gasteiger charge is 2.43. The number of hydrogen-bond donors (Lipinski definition) is 4. The van der Waals surface area contributed by atoms with E-state index in [2.05, 4.69) is 0 Å². The average molecular weight is 390 g/mol. The van der Waals surface area contributed by atoms with E-state index in [0.29, 0.717) is 5.56 Å². The SMILES string of the molecule is Oc1ccc(C2OC[C@H](O)[C@@H](O)[C@@H]([C@H]3COC(c4ccc(O)cc4)O3)O2)cc1. The van der Waals surface area contributed by atoms with Gasteiger partial charge >= 0.3 is 0 Å². The molecular formula is C20H22O8. The molecule has 8 heteroatoms. The first kappa shape index (κ1) is 19.1. The van der Waals surface area contributed by atoms with Crippen molar-refractivity contribution in [1.29, 1.82) is 0 Å². The van der Waals surface area contributed by atoms with Crippen molar-refractivity contribution in [2.24, 2.45) is 0 Å². The summed E-state index contributed by atoms with van der Waals surface area (Å²) in [5, 5.41) is 39.6. The van der Waals surface area contributed by atoms with E-state index < -0.39 is 37.0 Å². The average Bonchev–Trinajstić information content (AvgIpc) is 3.13. The van der Waals surface area contributed by atoms with Crippen molar-refractivity contribution in [3.63, 3.8) is 0 Å². The number of phenolic OH excluding ortho intramolecular Hbond substituents is 2. The number of aromatic hydroxyl groups is 2. The van der Waals surface area contributed by atoms with Crippen LogP contribution >= 0.6 is 0 Å². The molecule has 0 aromatic heterocycles. The number of rotatable bonds is 3. The first-order chi connectivity index (χ1) is 13.5. The molecule has 0 radical (unpaired) electrons. The summed E-state index contributed by atoms with van der Waals surface area (Å²) < 4.78 is 23.1. The lowest BCUT2D eigenvalue weighted by Gasteiger charge is -2.28. The van der Waals surface area contributed by atoms with E-state index in [1.165, 1.54) is 24.3 Å². The number of aliphatic hydroxyl groups excluding tert-OH is 2. The van der Waals surface area contributed by atoms with Crippen molar-refractivity contribution in [2.45, 2.75) is 37.0 Å². The molecule has 0 bridgehead atoms. The maximum Gasteiger partial charge on any atom is 0.184 e. The summed E-state index contributed by atoms with van der Waals surface area (Å²) in [6, 6.07) is 12.7. The third kappa shape index (κ3) is 3.97. The van der Waals surface area contributed by atoms with Gasteiger partial charge in [-0.2, -0.15) is 0 Å². The van der Waals surface area contributed by atoms with Crippen LogP contribution < -0.4 is 0 Å². The second-order valence-corrected chi connectivity index (χ2v) is 6.85. The van der Waals surface area contributed by atoms with Gasteiger partial charge < -0.3 is 39.4 Å². The quantitative estimate of drug-likeness (QED) is 0.620. The molecule has 8 nitrogen and oxygen atoms in total. The number of aliphatic hydroxyl groups is 2. The predicted molar refractivity (Wildman–Crippen MR) is 95.4 cm³/mol. The minimum Gasteiger partial charge on any atom is -0.508 e. The predicted octanol–water partition coefficient (Wildman–Crippen LogP) is 1.35. The van der Waals surface area contributed by atoms with Crippen LogP contribution in [0.3, 0.4) is 0 Å². The Morgan fingerprint density at radius 2 is 1.18 bits per heavy atom. The summed E-state index contributed by atoms with van der Waals surface area (Å²) in [5.41, 5.74) is 1.35. The van der Waals surface area contributed by atoms with Gasteiger partial charge in [-0.05, 0) is 24.3 Å². The molecule has 4 rings (SSSR count). The van der Waals surface area contributed by atoms with Crippen LogP contribution in [0.4, 0.5) is 0 Å². The first-order valence-corrected chi connectivity index (χ1v) is 8.99. The third-order valence-electron chi connectivity index (χ3n) is 4.84. The Morgan fingerprint density at radius 1 is 0.679 bits per heavy atom. The lowest BCUT2D eigenvalue weighted by molar-refractivity contribution is -0.200. The Bertz CT molecular complexity index is 778. The Hall–Kier alpha value is -2.20. The summed E-state index contributed by atoms with van der Waals surface area (Å²) in [6.45, 7) is 0.0421. The standard InChI is InChI=1S/C20H22O8/c21-13-5-1-11(2-6-13)19-26-10-16(27-19)18-17(24)15(23)9-25-20(28-18)12-3-7-14(22)8-4-12/h1-8,15-24H,9-10H2/t15-,16+,17+,18+,19?,20?/m0/s1. The highest BCUT2D eigenvalue weighted by atomic mass is 16.7. The smallest absolute Gasteiger partial charge is 0.184 e. The second kappa shape index (κ2) is 8.04. The number of ether oxygens (including phenoxy) is 4. The Morgan fingerprint density at radius 3 is 1.75 bits per heavy atom. The van der Waals surface area contributed by atoms with Crippen molar-refractivity contribution >= 4 is 0 Å². The van der Waals surface area contributed by atoms with E-state index >= 15 is 0 Å². The van der Waals surface area contributed by atoms with E-state index in [4.69, 9.17) is 18.9 Å². The van der Waals surface area contributed by atoms with E-state index in [0.717, 1.165) is 5.56 Å². The summed E-state index contributed by atoms with van der Waals surface area (Å²) in [7, 11) is 0. The maximum absolute atomic E-state index is 10.5. The molecule has 0 saturated carbocycles. The van der Waals surface area contributed by atoms with Gasteiger partial charge in [0, 0.05) is 11.1 Å². The van der Waals surface area contributed by atoms with Gasteiger partial charge in [0.05, 0.1) is 13.2 Å². The van der Waals surface area contributed by atoms with Crippen LogP contribution in [-0.2, 0) is 18.9 Å². The summed E-state index contributed by atoms with van der Waals surface area (Å²) in [4.78, 5) is 0. The molecule has 28 heavy (non-hydrogen) atoms. The van der Waals surface area contributed by atoms with Crippen molar-refractivity contribution in [3.05, 3.63) is 59.7 Å². The lowest BCUT2D eigenvalue weighted by atomic mass is 10.0. The van der Waals surface area contributed by atoms with Gasteiger partial charge in [0.15, 0.2) is 12.6 Å². The van der Waals surface area contributed by atoms with Crippen molar-refractivity contribution in [3.8, 4) is 11.5 Å². The molecule has 2 heterocycles. The van der Waals surface area contributed by atoms with Crippen molar-refractivity contribution in [2.75, 3.05) is 13.2 Å². The van der Waals surface area contributed by atoms with Crippen LogP contribution in [0.2, 0.25) is 0 Å². The minimum atomic E-state index is -1.23. The molecule has 2 fully saturated rings. The van der Waals surface area contributed by atoms with Crippen LogP contribution in [0.25, 0.3) is 0 Å². The lowest BCUT2D eigenvalue weighted by Crippen LogP contribution is -2.46. The molecule has 0 amide bonds. The van der Waals surface area contributed by atoms with Gasteiger partial charge in [-0.25, -0.2) is 0 Å². The fraction of sp³-hybridized carbons (Fsp3) is 0.400. The maximum atomic E-state index is 10.5. The molecule has 2 saturated heterocycles. The Balaban J connectivity index is 1.51. The third-order valence-corrected chi connectivity index (χ3v) is 4.84. The molecule has 2 unspecified atom stereocenters. The van der Waals surface area contributed by atoms with Crippen LogP contribution in [0, 0.1) is 0 Å². The molecule has 4 N–H and O–H groups in total. The van der Waals surface area contributed by atoms with Gasteiger partial charge in [0.2, 0.25) is 0 Å². The molecule has 0 spiro atoms. The molecule has 2 aliphatic heterocycles. The van der Waals surface area contributed by atoms with Gasteiger partial charge in [-0.15, -0.1) is 0 Å². The van der Waals surface area contributed by atoms with Crippen LogP contribution in [0.1, 0.15) is 23.7 Å². The summed E-state index contributed by atoms with van der Waals surface area (Å²) in [5.74, 6) is 0.246. The van der Waals surface area contributed by atoms with E-state index in [9.17, 15) is 20.4 Å². The Labute approximate surface area is 161 Å². The number of hydrogen-bond acceptors (Lipinski definition) is 8. The van der Waals surface area contributed by atoms with Gasteiger partial charge in [-0.1, -0.05) is 24.3 Å². The van der Waals surface area contributed by atoms with Crippen LogP contribution in [-0.4, -0.2) is 58.1 Å². The molecule has 150 valence electrons. The zero-order valence-electron chi connectivity index (χ0n) is 14.9. The number of phenols is 2. The second-order valence-electron chi connectivity index (χ2n) is 6.85. The minimum absolute atomic E-state index is 0.109. The Kier molecular flexibility index (Phi) is 5.49. The first-order valence-electron chi connectivity index (χ1n) is 8.99. The summed E-state index contributed by atoms with van der Waals surface area (Å²) in [6.07, 6.45) is -5.41. The molecular weight excluding hydrogens is 368 g/mol. The van der Waals surface area contributed by atoms with Crippen LogP contribution in [0.5, 0.6) is 11.5 Å². The van der Waals surface area contributed by atoms with Gasteiger partial charge in [-0.3, -0.25) is 0 Å². The van der Waals surface area contributed by atoms with Crippen LogP contribution in [0.15, 0.2) is 48.5 Å². The normalized spacial score (nSPS) is 33.5. The largest absolute Gasteiger partial charge is 0.508 e. The van der Waals surface area contributed by atoms with Crippen molar-refractivity contribution in [1.82, 2.24) is 0 Å². The zero-order chi connectivity index (χ0) is 19.7. The molecule has 2 aromatic rings.